The zero-order valence-corrected chi connectivity index (χ0v) is 18.1. The average molecular weight is 383 g/mol. The zero-order valence-electron chi connectivity index (χ0n) is 17.0. The standard InChI is InChI=1S/C24H34O2Si/c1-24(2,3)23(20-12-10-11-19(17-20)18-25)26-27(21-13-6-4-7-14-21)22-15-8-5-9-16-22/h4-9,13-16,19-20,23,25,27H,10-12,17-18H2,1-3H3/t19-,20+,23?/m0/s1. The first kappa shape index (κ1) is 20.3. The summed E-state index contributed by atoms with van der Waals surface area (Å²) in [5.74, 6) is 0.962. The predicted octanol–water partition coefficient (Wildman–Crippen LogP) is 3.75. The summed E-state index contributed by atoms with van der Waals surface area (Å²) in [6.45, 7) is 7.23. The Kier molecular flexibility index (Phi) is 6.91. The molecule has 27 heavy (non-hydrogen) atoms. The van der Waals surface area contributed by atoms with Crippen molar-refractivity contribution in [2.45, 2.75) is 52.6 Å². The summed E-state index contributed by atoms with van der Waals surface area (Å²) in [4.78, 5) is 0. The Morgan fingerprint density at radius 1 is 0.963 bits per heavy atom. The van der Waals surface area contributed by atoms with Crippen LogP contribution >= 0.6 is 0 Å². The largest absolute Gasteiger partial charge is 0.407 e. The zero-order chi connectivity index (χ0) is 19.3. The van der Waals surface area contributed by atoms with Gasteiger partial charge in [-0.3, -0.25) is 0 Å². The van der Waals surface area contributed by atoms with E-state index in [0.717, 1.165) is 12.8 Å². The summed E-state index contributed by atoms with van der Waals surface area (Å²) in [6.07, 6.45) is 4.87. The molecular weight excluding hydrogens is 348 g/mol. The van der Waals surface area contributed by atoms with E-state index in [1.165, 1.54) is 23.2 Å². The van der Waals surface area contributed by atoms with E-state index >= 15 is 0 Å². The Labute approximate surface area is 166 Å². The van der Waals surface area contributed by atoms with Gasteiger partial charge in [-0.05, 0) is 46.9 Å². The second kappa shape index (κ2) is 9.18. The van der Waals surface area contributed by atoms with Crippen LogP contribution < -0.4 is 10.4 Å². The van der Waals surface area contributed by atoms with Gasteiger partial charge in [0.05, 0.1) is 6.10 Å². The van der Waals surface area contributed by atoms with E-state index in [0.29, 0.717) is 18.4 Å². The second-order valence-electron chi connectivity index (χ2n) is 9.10. The normalized spacial score (nSPS) is 22.0. The molecule has 0 aromatic heterocycles. The number of hydrogen-bond acceptors (Lipinski definition) is 2. The summed E-state index contributed by atoms with van der Waals surface area (Å²) in [5, 5.41) is 12.4. The maximum atomic E-state index is 9.70. The van der Waals surface area contributed by atoms with Crippen LogP contribution in [0.5, 0.6) is 0 Å². The van der Waals surface area contributed by atoms with Crippen molar-refractivity contribution in [3.63, 3.8) is 0 Å². The van der Waals surface area contributed by atoms with Crippen molar-refractivity contribution in [2.24, 2.45) is 17.3 Å². The van der Waals surface area contributed by atoms with Gasteiger partial charge in [-0.15, -0.1) is 0 Å². The summed E-state index contributed by atoms with van der Waals surface area (Å²) >= 11 is 0. The molecule has 0 heterocycles. The highest BCUT2D eigenvalue weighted by atomic mass is 28.3. The lowest BCUT2D eigenvalue weighted by Gasteiger charge is -2.42. The average Bonchev–Trinajstić information content (AvgIpc) is 2.69. The van der Waals surface area contributed by atoms with E-state index in [1.54, 1.807) is 0 Å². The SMILES string of the molecule is CC(C)(C)C(O[SiH](c1ccccc1)c1ccccc1)[C@@H]1CCC[C@H](CO)C1. The Morgan fingerprint density at radius 2 is 1.52 bits per heavy atom. The van der Waals surface area contributed by atoms with E-state index in [9.17, 15) is 5.11 Å². The van der Waals surface area contributed by atoms with Crippen molar-refractivity contribution < 1.29 is 9.53 Å². The third-order valence-electron chi connectivity index (χ3n) is 5.85. The minimum Gasteiger partial charge on any atom is -0.407 e. The van der Waals surface area contributed by atoms with E-state index in [-0.39, 0.29) is 11.5 Å². The predicted molar refractivity (Wildman–Crippen MR) is 116 cm³/mol. The summed E-state index contributed by atoms with van der Waals surface area (Å²) in [6, 6.07) is 21.5. The highest BCUT2D eigenvalue weighted by Crippen LogP contribution is 2.39. The minimum atomic E-state index is -1.77. The van der Waals surface area contributed by atoms with Crippen molar-refractivity contribution in [1.29, 1.82) is 0 Å². The van der Waals surface area contributed by atoms with E-state index in [2.05, 4.69) is 81.4 Å². The number of benzene rings is 2. The van der Waals surface area contributed by atoms with Crippen molar-refractivity contribution in [3.8, 4) is 0 Å². The lowest BCUT2D eigenvalue weighted by atomic mass is 9.72. The van der Waals surface area contributed by atoms with Crippen LogP contribution in [-0.2, 0) is 4.43 Å². The van der Waals surface area contributed by atoms with Crippen molar-refractivity contribution in [3.05, 3.63) is 60.7 Å². The maximum absolute atomic E-state index is 9.70. The molecule has 3 rings (SSSR count). The van der Waals surface area contributed by atoms with Crippen LogP contribution in [0, 0.1) is 17.3 Å². The van der Waals surface area contributed by atoms with Gasteiger partial charge in [0, 0.05) is 6.61 Å². The minimum absolute atomic E-state index is 0.0802. The van der Waals surface area contributed by atoms with Crippen molar-refractivity contribution >= 4 is 19.4 Å². The topological polar surface area (TPSA) is 29.5 Å². The molecular formula is C24H34O2Si. The van der Waals surface area contributed by atoms with Crippen LogP contribution in [0.3, 0.4) is 0 Å². The van der Waals surface area contributed by atoms with Crippen molar-refractivity contribution in [1.82, 2.24) is 0 Å². The van der Waals surface area contributed by atoms with Crippen LogP contribution in [0.1, 0.15) is 46.5 Å². The van der Waals surface area contributed by atoms with Crippen LogP contribution in [0.4, 0.5) is 0 Å². The Hall–Kier alpha value is -1.42. The molecule has 1 aliphatic carbocycles. The van der Waals surface area contributed by atoms with Gasteiger partial charge in [0.2, 0.25) is 9.04 Å². The molecule has 2 aromatic carbocycles. The van der Waals surface area contributed by atoms with Gasteiger partial charge in [0.1, 0.15) is 0 Å². The van der Waals surface area contributed by atoms with E-state index in [1.807, 2.05) is 0 Å². The molecule has 1 N–H and O–H groups in total. The van der Waals surface area contributed by atoms with Gasteiger partial charge in [-0.2, -0.15) is 0 Å². The fraction of sp³-hybridized carbons (Fsp3) is 0.500. The molecule has 3 heteroatoms. The summed E-state index contributed by atoms with van der Waals surface area (Å²) in [7, 11) is -1.77. The van der Waals surface area contributed by atoms with Crippen LogP contribution in [0.15, 0.2) is 60.7 Å². The van der Waals surface area contributed by atoms with E-state index < -0.39 is 9.04 Å². The maximum Gasteiger partial charge on any atom is 0.240 e. The molecule has 2 nitrogen and oxygen atoms in total. The smallest absolute Gasteiger partial charge is 0.240 e. The third-order valence-corrected chi connectivity index (χ3v) is 8.40. The molecule has 0 aliphatic heterocycles. The molecule has 0 radical (unpaired) electrons. The molecule has 2 aromatic rings. The lowest BCUT2D eigenvalue weighted by Crippen LogP contribution is -2.52. The Balaban J connectivity index is 1.91. The number of rotatable bonds is 6. The monoisotopic (exact) mass is 382 g/mol. The quantitative estimate of drug-likeness (QED) is 0.771. The lowest BCUT2D eigenvalue weighted by molar-refractivity contribution is 0.00352. The molecule has 3 atom stereocenters. The van der Waals surface area contributed by atoms with Crippen molar-refractivity contribution in [2.75, 3.05) is 6.61 Å². The second-order valence-corrected chi connectivity index (χ2v) is 11.5. The molecule has 1 unspecified atom stereocenters. The number of aliphatic hydroxyl groups excluding tert-OH is 1. The van der Waals surface area contributed by atoms with Gasteiger partial charge >= 0.3 is 0 Å². The first-order chi connectivity index (χ1) is 13.0. The third kappa shape index (κ3) is 5.31. The molecule has 0 bridgehead atoms. The van der Waals surface area contributed by atoms with Gasteiger partial charge in [0.15, 0.2) is 0 Å². The van der Waals surface area contributed by atoms with Crippen LogP contribution in [-0.4, -0.2) is 26.9 Å². The molecule has 0 spiro atoms. The highest BCUT2D eigenvalue weighted by molar-refractivity contribution is 6.80. The molecule has 0 amide bonds. The van der Waals surface area contributed by atoms with Gasteiger partial charge in [-0.1, -0.05) is 87.9 Å². The Morgan fingerprint density at radius 3 is 2.00 bits per heavy atom. The van der Waals surface area contributed by atoms with Gasteiger partial charge < -0.3 is 9.53 Å². The molecule has 0 saturated heterocycles. The Bertz CT molecular complexity index is 641. The van der Waals surface area contributed by atoms with E-state index in [4.69, 9.17) is 4.43 Å². The summed E-state index contributed by atoms with van der Waals surface area (Å²) in [5.41, 5.74) is 0.0802. The fourth-order valence-electron chi connectivity index (χ4n) is 4.55. The van der Waals surface area contributed by atoms with Crippen LogP contribution in [0.25, 0.3) is 0 Å². The first-order valence-corrected chi connectivity index (χ1v) is 12.0. The van der Waals surface area contributed by atoms with Gasteiger partial charge in [0.25, 0.3) is 0 Å². The molecule has 1 saturated carbocycles. The molecule has 1 fully saturated rings. The summed E-state index contributed by atoms with van der Waals surface area (Å²) < 4.78 is 7.08. The van der Waals surface area contributed by atoms with Crippen LogP contribution in [0.2, 0.25) is 0 Å². The highest BCUT2D eigenvalue weighted by Gasteiger charge is 2.38. The number of hydrogen-bond donors (Lipinski definition) is 1. The molecule has 146 valence electrons. The fourth-order valence-corrected chi connectivity index (χ4v) is 7.31. The first-order valence-electron chi connectivity index (χ1n) is 10.3. The number of aliphatic hydroxyl groups is 1. The molecule has 1 aliphatic rings. The van der Waals surface area contributed by atoms with Gasteiger partial charge in [-0.25, -0.2) is 0 Å².